The van der Waals surface area contributed by atoms with Crippen molar-refractivity contribution in [3.8, 4) is 0 Å². The van der Waals surface area contributed by atoms with Crippen molar-refractivity contribution in [3.05, 3.63) is 40.6 Å². The summed E-state index contributed by atoms with van der Waals surface area (Å²) in [4.78, 5) is 18.6. The molecule has 108 valence electrons. The summed E-state index contributed by atoms with van der Waals surface area (Å²) < 4.78 is 1.08. The van der Waals surface area contributed by atoms with E-state index < -0.39 is 0 Å². The summed E-state index contributed by atoms with van der Waals surface area (Å²) in [5.41, 5.74) is 0.948. The first-order valence-corrected chi connectivity index (χ1v) is 9.19. The summed E-state index contributed by atoms with van der Waals surface area (Å²) in [5, 5.41) is 8.24. The van der Waals surface area contributed by atoms with Crippen molar-refractivity contribution in [2.24, 2.45) is 0 Å². The summed E-state index contributed by atoms with van der Waals surface area (Å²) in [6.45, 7) is 0.532. The number of nitrogens with zero attached hydrogens (tertiary/aromatic N) is 1. The zero-order valence-corrected chi connectivity index (χ0v) is 13.7. The van der Waals surface area contributed by atoms with E-state index in [4.69, 9.17) is 0 Å². The first-order valence-electron chi connectivity index (χ1n) is 6.27. The van der Waals surface area contributed by atoms with Crippen LogP contribution < -0.4 is 10.6 Å². The summed E-state index contributed by atoms with van der Waals surface area (Å²) in [5.74, 6) is 0. The molecule has 0 atom stereocenters. The topological polar surface area (TPSA) is 54.0 Å². The van der Waals surface area contributed by atoms with Gasteiger partial charge in [0.05, 0.1) is 16.8 Å². The second-order valence-corrected chi connectivity index (χ2v) is 7.12. The van der Waals surface area contributed by atoms with Crippen molar-refractivity contribution < 1.29 is 4.79 Å². The van der Waals surface area contributed by atoms with E-state index in [-0.39, 0.29) is 6.03 Å². The molecule has 0 saturated heterocycles. The number of para-hydroxylation sites is 1. The van der Waals surface area contributed by atoms with E-state index >= 15 is 0 Å². The van der Waals surface area contributed by atoms with Crippen LogP contribution in [0.15, 0.2) is 40.6 Å². The van der Waals surface area contributed by atoms with Crippen molar-refractivity contribution >= 4 is 55.8 Å². The number of carbonyl (C=O) groups excluding carboxylic acids is 1. The molecule has 3 rings (SSSR count). The molecule has 0 unspecified atom stereocenters. The van der Waals surface area contributed by atoms with Crippen LogP contribution in [-0.4, -0.2) is 17.3 Å². The fourth-order valence-electron chi connectivity index (χ4n) is 1.86. The Morgan fingerprint density at radius 1 is 1.33 bits per heavy atom. The Labute approximate surface area is 134 Å². The lowest BCUT2D eigenvalue weighted by molar-refractivity contribution is 0.252. The van der Waals surface area contributed by atoms with Gasteiger partial charge in [0.2, 0.25) is 0 Å². The van der Waals surface area contributed by atoms with Crippen molar-refractivity contribution in [2.75, 3.05) is 11.6 Å². The first kappa shape index (κ1) is 14.4. The number of rotatable bonds is 4. The van der Waals surface area contributed by atoms with Crippen LogP contribution in [0.4, 0.5) is 9.93 Å². The second-order valence-electron chi connectivity index (χ2n) is 4.21. The molecule has 2 N–H and O–H groups in total. The van der Waals surface area contributed by atoms with E-state index in [0.29, 0.717) is 11.7 Å². The molecular weight excluding hydrogens is 322 g/mol. The van der Waals surface area contributed by atoms with Gasteiger partial charge in [0.15, 0.2) is 5.13 Å². The van der Waals surface area contributed by atoms with Gasteiger partial charge in [-0.3, -0.25) is 5.32 Å². The van der Waals surface area contributed by atoms with E-state index in [9.17, 15) is 4.79 Å². The molecule has 21 heavy (non-hydrogen) atoms. The predicted molar refractivity (Wildman–Crippen MR) is 91.6 cm³/mol. The minimum Gasteiger partial charge on any atom is -0.333 e. The van der Waals surface area contributed by atoms with Gasteiger partial charge in [-0.1, -0.05) is 23.5 Å². The van der Waals surface area contributed by atoms with Crippen molar-refractivity contribution in [1.82, 2.24) is 10.3 Å². The standard InChI is InChI=1S/C14H13N3OS3/c1-19-10-5-2-6-11-12(10)16-14(21-11)17-13(18)15-8-9-4-3-7-20-9/h2-7H,8H2,1H3,(H2,15,16,17,18). The number of amides is 2. The maximum absolute atomic E-state index is 11.9. The number of thiazole rings is 1. The average Bonchev–Trinajstić information content (AvgIpc) is 3.13. The minimum atomic E-state index is -0.229. The third-order valence-electron chi connectivity index (χ3n) is 2.83. The molecule has 1 aromatic carbocycles. The van der Waals surface area contributed by atoms with Gasteiger partial charge in [-0.15, -0.1) is 23.1 Å². The number of thiophene rings is 1. The molecule has 0 radical (unpaired) electrons. The van der Waals surface area contributed by atoms with Crippen LogP contribution in [0.3, 0.4) is 0 Å². The van der Waals surface area contributed by atoms with Crippen LogP contribution >= 0.6 is 34.4 Å². The zero-order valence-electron chi connectivity index (χ0n) is 11.3. The van der Waals surface area contributed by atoms with Crippen LogP contribution in [0.1, 0.15) is 4.88 Å². The molecule has 2 heterocycles. The molecule has 3 aromatic rings. The fourth-order valence-corrected chi connectivity index (χ4v) is 4.02. The Hall–Kier alpha value is -1.57. The fraction of sp³-hybridized carbons (Fsp3) is 0.143. The maximum Gasteiger partial charge on any atom is 0.321 e. The maximum atomic E-state index is 11.9. The molecule has 0 aliphatic rings. The molecule has 0 aliphatic heterocycles. The number of nitrogens with one attached hydrogen (secondary N) is 2. The molecule has 2 aromatic heterocycles. The summed E-state index contributed by atoms with van der Waals surface area (Å²) in [7, 11) is 0. The first-order chi connectivity index (χ1) is 10.3. The quantitative estimate of drug-likeness (QED) is 0.695. The Bertz CT molecular complexity index is 752. The van der Waals surface area contributed by atoms with Gasteiger partial charge in [0, 0.05) is 9.77 Å². The molecule has 0 aliphatic carbocycles. The highest BCUT2D eigenvalue weighted by Crippen LogP contribution is 2.32. The Kier molecular flexibility index (Phi) is 4.42. The Morgan fingerprint density at radius 3 is 3.00 bits per heavy atom. The van der Waals surface area contributed by atoms with Gasteiger partial charge in [-0.25, -0.2) is 9.78 Å². The predicted octanol–water partition coefficient (Wildman–Crippen LogP) is 4.40. The van der Waals surface area contributed by atoms with E-state index in [1.54, 1.807) is 23.1 Å². The third-order valence-corrected chi connectivity index (χ3v) is 5.41. The summed E-state index contributed by atoms with van der Waals surface area (Å²) >= 11 is 4.76. The van der Waals surface area contributed by atoms with Crippen LogP contribution in [0.5, 0.6) is 0 Å². The average molecular weight is 335 g/mol. The number of fused-ring (bicyclic) bond motifs is 1. The van der Waals surface area contributed by atoms with E-state index in [1.807, 2.05) is 42.0 Å². The van der Waals surface area contributed by atoms with Crippen molar-refractivity contribution in [2.45, 2.75) is 11.4 Å². The minimum absolute atomic E-state index is 0.229. The molecule has 0 spiro atoms. The highest BCUT2D eigenvalue weighted by molar-refractivity contribution is 7.98. The number of aromatic nitrogens is 1. The largest absolute Gasteiger partial charge is 0.333 e. The molecule has 0 saturated carbocycles. The normalized spacial score (nSPS) is 10.7. The number of hydrogen-bond acceptors (Lipinski definition) is 5. The summed E-state index contributed by atoms with van der Waals surface area (Å²) in [6.07, 6.45) is 2.02. The second kappa shape index (κ2) is 6.46. The summed E-state index contributed by atoms with van der Waals surface area (Å²) in [6, 6.07) is 9.79. The number of anilines is 1. The smallest absolute Gasteiger partial charge is 0.321 e. The lowest BCUT2D eigenvalue weighted by Gasteiger charge is -2.03. The Morgan fingerprint density at radius 2 is 2.24 bits per heavy atom. The van der Waals surface area contributed by atoms with Gasteiger partial charge in [0.1, 0.15) is 0 Å². The lowest BCUT2D eigenvalue weighted by Crippen LogP contribution is -2.27. The number of thioether (sulfide) groups is 1. The molecule has 4 nitrogen and oxygen atoms in total. The van der Waals surface area contributed by atoms with E-state index in [0.717, 1.165) is 20.0 Å². The molecule has 0 bridgehead atoms. The van der Waals surface area contributed by atoms with Crippen LogP contribution in [-0.2, 0) is 6.54 Å². The van der Waals surface area contributed by atoms with Gasteiger partial charge in [-0.2, -0.15) is 0 Å². The van der Waals surface area contributed by atoms with Crippen molar-refractivity contribution in [3.63, 3.8) is 0 Å². The van der Waals surface area contributed by atoms with E-state index in [1.165, 1.54) is 11.3 Å². The Balaban J connectivity index is 1.68. The number of hydrogen-bond donors (Lipinski definition) is 2. The van der Waals surface area contributed by atoms with Gasteiger partial charge >= 0.3 is 6.03 Å². The lowest BCUT2D eigenvalue weighted by atomic mass is 10.3. The SMILES string of the molecule is CSc1cccc2sc(NC(=O)NCc3cccs3)nc12. The van der Waals surface area contributed by atoms with Crippen molar-refractivity contribution in [1.29, 1.82) is 0 Å². The highest BCUT2D eigenvalue weighted by atomic mass is 32.2. The van der Waals surface area contributed by atoms with Crippen LogP contribution in [0.25, 0.3) is 10.2 Å². The zero-order chi connectivity index (χ0) is 14.7. The van der Waals surface area contributed by atoms with Crippen LogP contribution in [0.2, 0.25) is 0 Å². The highest BCUT2D eigenvalue weighted by Gasteiger charge is 2.10. The van der Waals surface area contributed by atoms with Gasteiger partial charge < -0.3 is 5.32 Å². The van der Waals surface area contributed by atoms with Crippen LogP contribution in [0, 0.1) is 0 Å². The molecule has 0 fully saturated rings. The third kappa shape index (κ3) is 3.37. The number of benzene rings is 1. The molecule has 7 heteroatoms. The molecule has 2 amide bonds. The monoisotopic (exact) mass is 335 g/mol. The van der Waals surface area contributed by atoms with Gasteiger partial charge in [-0.05, 0) is 29.8 Å². The van der Waals surface area contributed by atoms with Gasteiger partial charge in [0.25, 0.3) is 0 Å². The molecular formula is C14H13N3OS3. The van der Waals surface area contributed by atoms with E-state index in [2.05, 4.69) is 15.6 Å². The number of carbonyl (C=O) groups is 1. The number of urea groups is 1.